The second-order valence-electron chi connectivity index (χ2n) is 6.81. The molecule has 0 amide bonds. The molecule has 0 aliphatic carbocycles. The van der Waals surface area contributed by atoms with Crippen LogP contribution in [-0.4, -0.2) is 11.0 Å². The quantitative estimate of drug-likeness (QED) is 0.399. The molecule has 0 atom stereocenters. The van der Waals surface area contributed by atoms with Gasteiger partial charge in [-0.2, -0.15) is 0 Å². The molecule has 0 fully saturated rings. The average molecular weight is 431 g/mol. The van der Waals surface area contributed by atoms with Crippen molar-refractivity contribution in [1.82, 2.24) is 4.98 Å². The van der Waals surface area contributed by atoms with Crippen molar-refractivity contribution < 1.29 is 9.32 Å². The van der Waals surface area contributed by atoms with E-state index in [0.29, 0.717) is 0 Å². The third kappa shape index (κ3) is 3.43. The van der Waals surface area contributed by atoms with Gasteiger partial charge in [-0.05, 0) is 0 Å². The summed E-state index contributed by atoms with van der Waals surface area (Å²) in [5.41, 5.74) is 0. The van der Waals surface area contributed by atoms with Crippen LogP contribution in [0.3, 0.4) is 0 Å². The summed E-state index contributed by atoms with van der Waals surface area (Å²) in [5, 5.41) is 3.69. The summed E-state index contributed by atoms with van der Waals surface area (Å²) in [6.07, 6.45) is 1.77. The third-order valence-corrected chi connectivity index (χ3v) is 13.7. The fourth-order valence-corrected chi connectivity index (χ4v) is 12.4. The molecule has 30 heavy (non-hydrogen) atoms. The van der Waals surface area contributed by atoms with Gasteiger partial charge < -0.3 is 0 Å². The number of aromatic nitrogens is 1. The Morgan fingerprint density at radius 2 is 1.13 bits per heavy atom. The van der Waals surface area contributed by atoms with Crippen LogP contribution in [0.25, 0.3) is 0 Å². The van der Waals surface area contributed by atoms with Crippen LogP contribution in [0.5, 0.6) is 0 Å². The first-order valence-corrected chi connectivity index (χ1v) is 13.2. The topological polar surface area (TPSA) is 39.2 Å². The zero-order chi connectivity index (χ0) is 20.9. The first-order valence-electron chi connectivity index (χ1n) is 9.65. The van der Waals surface area contributed by atoms with E-state index >= 15 is 0 Å². The van der Waals surface area contributed by atoms with Gasteiger partial charge in [0, 0.05) is 0 Å². The van der Waals surface area contributed by atoms with E-state index in [1.807, 2.05) is 72.8 Å². The van der Waals surface area contributed by atoms with Gasteiger partial charge in [0.1, 0.15) is 0 Å². The van der Waals surface area contributed by atoms with Gasteiger partial charge in [0.25, 0.3) is 0 Å². The number of rotatable bonds is 6. The summed E-state index contributed by atoms with van der Waals surface area (Å²) >= 11 is 1.55. The Kier molecular flexibility index (Phi) is 5.72. The minimum atomic E-state index is -3.80. The Morgan fingerprint density at radius 1 is 0.700 bits per heavy atom. The van der Waals surface area contributed by atoms with Gasteiger partial charge in [-0.3, -0.25) is 0 Å². The summed E-state index contributed by atoms with van der Waals surface area (Å²) in [5.74, 6) is -0.326. The first kappa shape index (κ1) is 20.3. The summed E-state index contributed by atoms with van der Waals surface area (Å²) in [7, 11) is 0. The van der Waals surface area contributed by atoms with Gasteiger partial charge in [-0.25, -0.2) is 0 Å². The number of benzene rings is 3. The van der Waals surface area contributed by atoms with E-state index in [2.05, 4.69) is 41.4 Å². The molecular weight excluding hydrogens is 409 g/mol. The molecule has 0 aliphatic rings. The summed E-state index contributed by atoms with van der Waals surface area (Å²) < 4.78 is 6.60. The average Bonchev–Trinajstić information content (AvgIpc) is 2.81. The van der Waals surface area contributed by atoms with E-state index in [1.54, 1.807) is 17.6 Å². The first-order chi connectivity index (χ1) is 14.6. The van der Waals surface area contributed by atoms with E-state index in [1.165, 1.54) is 6.92 Å². The van der Waals surface area contributed by atoms with Crippen molar-refractivity contribution in [1.29, 1.82) is 0 Å². The zero-order valence-corrected chi connectivity index (χ0v) is 18.3. The molecule has 3 aromatic carbocycles. The Hall–Kier alpha value is -2.94. The molecule has 1 aromatic heterocycles. The van der Waals surface area contributed by atoms with Crippen molar-refractivity contribution in [3.05, 3.63) is 115 Å². The summed E-state index contributed by atoms with van der Waals surface area (Å²) in [6, 6.07) is 32.2. The fraction of sp³-hybridized carbons (Fsp3) is 0.0400. The van der Waals surface area contributed by atoms with Crippen LogP contribution in [-0.2, 0) is 9.32 Å². The van der Waals surface area contributed by atoms with Gasteiger partial charge >= 0.3 is 181 Å². The molecule has 3 nitrogen and oxygen atoms in total. The van der Waals surface area contributed by atoms with Crippen molar-refractivity contribution in [2.24, 2.45) is 0 Å². The number of carbonyl (C=O) groups excluding carboxylic acids is 1. The number of hydrogen-bond donors (Lipinski definition) is 0. The third-order valence-electron chi connectivity index (χ3n) is 4.88. The molecule has 0 bridgehead atoms. The van der Waals surface area contributed by atoms with E-state index in [9.17, 15) is 4.79 Å². The molecular formula is C25H22NO2PS. The van der Waals surface area contributed by atoms with E-state index in [-0.39, 0.29) is 5.97 Å². The van der Waals surface area contributed by atoms with Crippen LogP contribution in [0.15, 0.2) is 120 Å². The second kappa shape index (κ2) is 8.43. The molecule has 0 unspecified atom stereocenters. The Bertz CT molecular complexity index is 1020. The molecule has 0 aliphatic heterocycles. The van der Waals surface area contributed by atoms with E-state index in [4.69, 9.17) is 4.52 Å². The number of pyridine rings is 1. The van der Waals surface area contributed by atoms with Crippen LogP contribution >= 0.6 is 17.4 Å². The molecule has 0 saturated heterocycles. The SMILES string of the molecule is CC(=O)OP(Sc1ccccn1)(c1ccccc1)(c1ccccc1)c1ccccc1. The molecule has 5 heteroatoms. The van der Waals surface area contributed by atoms with Crippen molar-refractivity contribution >= 4 is 39.3 Å². The molecule has 150 valence electrons. The summed E-state index contributed by atoms with van der Waals surface area (Å²) in [6.45, 7) is 1.48. The number of nitrogens with zero attached hydrogens (tertiary/aromatic N) is 1. The predicted octanol–water partition coefficient (Wildman–Crippen LogP) is 5.10. The number of carbonyl (C=O) groups is 1. The maximum atomic E-state index is 12.8. The van der Waals surface area contributed by atoms with Crippen LogP contribution < -0.4 is 15.9 Å². The molecule has 0 saturated carbocycles. The monoisotopic (exact) mass is 431 g/mol. The van der Waals surface area contributed by atoms with Crippen molar-refractivity contribution in [3.8, 4) is 0 Å². The van der Waals surface area contributed by atoms with E-state index in [0.717, 1.165) is 20.9 Å². The Labute approximate surface area is 180 Å². The van der Waals surface area contributed by atoms with Gasteiger partial charge in [-0.15, -0.1) is 0 Å². The van der Waals surface area contributed by atoms with E-state index < -0.39 is 6.03 Å². The van der Waals surface area contributed by atoms with Crippen LogP contribution in [0.1, 0.15) is 6.92 Å². The maximum absolute atomic E-state index is 12.8. The minimum absolute atomic E-state index is 0.326. The molecule has 4 aromatic rings. The normalized spacial score (nSPS) is 12.5. The van der Waals surface area contributed by atoms with Gasteiger partial charge in [-0.1, -0.05) is 0 Å². The molecule has 0 spiro atoms. The Balaban J connectivity index is 2.19. The van der Waals surface area contributed by atoms with Gasteiger partial charge in [0.15, 0.2) is 0 Å². The zero-order valence-electron chi connectivity index (χ0n) is 16.6. The number of hydrogen-bond acceptors (Lipinski definition) is 4. The van der Waals surface area contributed by atoms with Gasteiger partial charge in [0.2, 0.25) is 0 Å². The molecule has 4 rings (SSSR count). The van der Waals surface area contributed by atoms with Crippen LogP contribution in [0, 0.1) is 0 Å². The second-order valence-corrected chi connectivity index (χ2v) is 13.7. The summed E-state index contributed by atoms with van der Waals surface area (Å²) in [4.78, 5) is 17.3. The molecule has 0 radical (unpaired) electrons. The van der Waals surface area contributed by atoms with Gasteiger partial charge in [0.05, 0.1) is 0 Å². The van der Waals surface area contributed by atoms with Crippen LogP contribution in [0.4, 0.5) is 0 Å². The van der Waals surface area contributed by atoms with Crippen LogP contribution in [0.2, 0.25) is 0 Å². The standard InChI is InChI=1S/C25H22NO2PS/c1-21(27)28-29(22-13-5-2-6-14-22,23-15-7-3-8-16-23,24-17-9-4-10-18-24)30-25-19-11-12-20-26-25/h2-20H,1H3. The predicted molar refractivity (Wildman–Crippen MR) is 127 cm³/mol. The van der Waals surface area contributed by atoms with Crippen molar-refractivity contribution in [3.63, 3.8) is 0 Å². The fourth-order valence-electron chi connectivity index (χ4n) is 3.70. The Morgan fingerprint density at radius 3 is 1.50 bits per heavy atom. The van der Waals surface area contributed by atoms with Crippen molar-refractivity contribution in [2.75, 3.05) is 0 Å². The van der Waals surface area contributed by atoms with Crippen molar-refractivity contribution in [2.45, 2.75) is 11.9 Å². The molecule has 0 N–H and O–H groups in total. The molecule has 1 heterocycles.